The molecule has 0 spiro atoms. The topological polar surface area (TPSA) is 174 Å². The van der Waals surface area contributed by atoms with Crippen LogP contribution < -0.4 is 20.5 Å². The van der Waals surface area contributed by atoms with Gasteiger partial charge in [-0.15, -0.1) is 0 Å². The van der Waals surface area contributed by atoms with Gasteiger partial charge in [-0.25, -0.2) is 4.57 Å². The lowest BCUT2D eigenvalue weighted by Crippen LogP contribution is -2.58. The Balaban J connectivity index is 2.92. The molecule has 274 valence electrons. The van der Waals surface area contributed by atoms with Crippen molar-refractivity contribution in [1.29, 1.82) is 0 Å². The number of phosphoric acid groups is 1. The molecule has 0 fully saturated rings. The fourth-order valence-electron chi connectivity index (χ4n) is 5.44. The molecule has 12 nitrogen and oxygen atoms in total. The summed E-state index contributed by atoms with van der Waals surface area (Å²) in [5.74, 6) is -2.02. The third-order valence-corrected chi connectivity index (χ3v) is 8.58. The van der Waals surface area contributed by atoms with Crippen LogP contribution in [-0.4, -0.2) is 69.5 Å². The molecule has 0 saturated carbocycles. The molecule has 0 bridgehead atoms. The molecule has 0 aliphatic heterocycles. The summed E-state index contributed by atoms with van der Waals surface area (Å²) < 4.78 is 15.7. The van der Waals surface area contributed by atoms with Gasteiger partial charge in [0.25, 0.3) is 0 Å². The molecule has 1 aromatic carbocycles. The van der Waals surface area contributed by atoms with E-state index in [9.17, 15) is 23.7 Å². The van der Waals surface area contributed by atoms with Gasteiger partial charge in [0.15, 0.2) is 0 Å². The van der Waals surface area contributed by atoms with Gasteiger partial charge in [-0.2, -0.15) is 0 Å². The fraction of sp³-hybridized carbons (Fsp3) is 0.714. The number of hydrogen-bond acceptors (Lipinski definition) is 6. The first-order valence-corrected chi connectivity index (χ1v) is 19.2. The van der Waals surface area contributed by atoms with E-state index in [0.717, 1.165) is 38.5 Å². The highest BCUT2D eigenvalue weighted by Gasteiger charge is 2.31. The van der Waals surface area contributed by atoms with Crippen LogP contribution in [0.2, 0.25) is 0 Å². The molecule has 0 radical (unpaired) electrons. The molecular weight excluding hydrogens is 635 g/mol. The number of carbonyl (C=O) groups excluding carboxylic acids is 4. The van der Waals surface area contributed by atoms with Crippen LogP contribution in [0.15, 0.2) is 24.3 Å². The van der Waals surface area contributed by atoms with Gasteiger partial charge < -0.3 is 25.4 Å². The monoisotopic (exact) mass is 696 g/mol. The number of nitrogens with zero attached hydrogens (tertiary/aromatic N) is 1. The molecule has 0 unspecified atom stereocenters. The van der Waals surface area contributed by atoms with Crippen LogP contribution in [0.3, 0.4) is 0 Å². The lowest BCUT2D eigenvalue weighted by Gasteiger charge is -2.29. The normalized spacial score (nSPS) is 13.4. The molecule has 0 heterocycles. The molecule has 5 N–H and O–H groups in total. The minimum Gasteiger partial charge on any atom is -0.404 e. The SMILES string of the molecule is CCCCCCCCN(CCCCCCCC)C(=O)[C@H](C)NC(=O)[C@@H](NC(=O)[C@@H](Cc1ccc(OP(=O)(O)O)cc1)NC(C)=O)C(C)C. The van der Waals surface area contributed by atoms with Gasteiger partial charge in [0.1, 0.15) is 23.9 Å². The minimum atomic E-state index is -4.73. The Morgan fingerprint density at radius 2 is 1.25 bits per heavy atom. The van der Waals surface area contributed by atoms with E-state index in [2.05, 4.69) is 34.3 Å². The molecule has 0 aromatic heterocycles. The maximum absolute atomic E-state index is 13.6. The fourth-order valence-corrected chi connectivity index (χ4v) is 5.84. The van der Waals surface area contributed by atoms with Gasteiger partial charge in [0.2, 0.25) is 23.6 Å². The smallest absolute Gasteiger partial charge is 0.404 e. The molecule has 3 atom stereocenters. The van der Waals surface area contributed by atoms with Crippen LogP contribution in [0, 0.1) is 5.92 Å². The Labute approximate surface area is 287 Å². The summed E-state index contributed by atoms with van der Waals surface area (Å²) in [6.07, 6.45) is 13.5. The van der Waals surface area contributed by atoms with Crippen molar-refractivity contribution >= 4 is 31.5 Å². The number of rotatable bonds is 25. The number of unbranched alkanes of at least 4 members (excludes halogenated alkanes) is 10. The highest BCUT2D eigenvalue weighted by Crippen LogP contribution is 2.37. The van der Waals surface area contributed by atoms with E-state index in [1.165, 1.54) is 69.7 Å². The van der Waals surface area contributed by atoms with Crippen LogP contribution in [-0.2, 0) is 30.2 Å². The zero-order chi connectivity index (χ0) is 36.1. The number of carbonyl (C=O) groups is 4. The Kier molecular flexibility index (Phi) is 21.0. The largest absolute Gasteiger partial charge is 0.524 e. The maximum atomic E-state index is 13.6. The summed E-state index contributed by atoms with van der Waals surface area (Å²) in [5, 5.41) is 8.19. The number of amides is 4. The molecule has 13 heteroatoms. The number of phosphoric ester groups is 1. The standard InChI is InChI=1S/C35H61N4O8P/c1-7-9-11-13-15-17-23-39(24-18-16-14-12-10-8-2)35(43)27(5)36-34(42)32(26(3)4)38-33(41)31(37-28(6)40)25-29-19-21-30(22-20-29)47-48(44,45)46/h19-22,26-27,31-32H,7-18,23-25H2,1-6H3,(H,36,42)(H,37,40)(H,38,41)(H2,44,45,46)/t27-,31+,32-/m0/s1. The highest BCUT2D eigenvalue weighted by atomic mass is 31.2. The van der Waals surface area contributed by atoms with Gasteiger partial charge >= 0.3 is 7.82 Å². The zero-order valence-corrected chi connectivity index (χ0v) is 30.9. The van der Waals surface area contributed by atoms with Gasteiger partial charge in [-0.1, -0.05) is 104 Å². The minimum absolute atomic E-state index is 0.0504. The predicted molar refractivity (Wildman–Crippen MR) is 188 cm³/mol. The second-order valence-electron chi connectivity index (χ2n) is 13.0. The molecule has 1 rings (SSSR count). The van der Waals surface area contributed by atoms with E-state index in [1.54, 1.807) is 20.8 Å². The number of nitrogens with one attached hydrogen (secondary N) is 3. The lowest BCUT2D eigenvalue weighted by atomic mass is 10.0. The van der Waals surface area contributed by atoms with E-state index < -0.39 is 43.7 Å². The predicted octanol–water partition coefficient (Wildman–Crippen LogP) is 5.40. The summed E-state index contributed by atoms with van der Waals surface area (Å²) in [4.78, 5) is 72.3. The summed E-state index contributed by atoms with van der Waals surface area (Å²) in [7, 11) is -4.73. The first kappa shape index (κ1) is 43.1. The second-order valence-corrected chi connectivity index (χ2v) is 14.2. The van der Waals surface area contributed by atoms with Crippen molar-refractivity contribution in [3.63, 3.8) is 0 Å². The molecular formula is C35H61N4O8P. The van der Waals surface area contributed by atoms with Crippen LogP contribution >= 0.6 is 7.82 Å². The molecule has 4 amide bonds. The van der Waals surface area contributed by atoms with E-state index in [4.69, 9.17) is 9.79 Å². The van der Waals surface area contributed by atoms with Gasteiger partial charge in [0, 0.05) is 26.4 Å². The molecule has 1 aromatic rings. The van der Waals surface area contributed by atoms with Crippen molar-refractivity contribution < 1.29 is 38.1 Å². The van der Waals surface area contributed by atoms with Crippen LogP contribution in [0.25, 0.3) is 0 Å². The van der Waals surface area contributed by atoms with E-state index >= 15 is 0 Å². The third-order valence-electron chi connectivity index (χ3n) is 8.13. The lowest BCUT2D eigenvalue weighted by molar-refractivity contribution is -0.137. The first-order chi connectivity index (χ1) is 22.7. The molecule has 48 heavy (non-hydrogen) atoms. The van der Waals surface area contributed by atoms with Crippen molar-refractivity contribution in [2.24, 2.45) is 5.92 Å². The van der Waals surface area contributed by atoms with Crippen molar-refractivity contribution in [2.75, 3.05) is 13.1 Å². The first-order valence-electron chi connectivity index (χ1n) is 17.7. The Hall–Kier alpha value is -2.95. The van der Waals surface area contributed by atoms with Crippen molar-refractivity contribution in [3.8, 4) is 5.75 Å². The molecule has 0 aliphatic rings. The number of hydrogen-bond donors (Lipinski definition) is 5. The third kappa shape index (κ3) is 18.6. The summed E-state index contributed by atoms with van der Waals surface area (Å²) >= 11 is 0. The maximum Gasteiger partial charge on any atom is 0.524 e. The van der Waals surface area contributed by atoms with Gasteiger partial charge in [-0.3, -0.25) is 29.0 Å². The second kappa shape index (κ2) is 23.4. The quantitative estimate of drug-likeness (QED) is 0.0667. The molecule has 0 aliphatic carbocycles. The summed E-state index contributed by atoms with van der Waals surface area (Å²) in [6.45, 7) is 12.2. The van der Waals surface area contributed by atoms with Crippen molar-refractivity contribution in [3.05, 3.63) is 29.8 Å². The van der Waals surface area contributed by atoms with E-state index in [1.807, 2.05) is 4.90 Å². The average Bonchev–Trinajstić information content (AvgIpc) is 3.01. The zero-order valence-electron chi connectivity index (χ0n) is 30.0. The number of benzene rings is 1. The Morgan fingerprint density at radius 3 is 1.71 bits per heavy atom. The van der Waals surface area contributed by atoms with Crippen molar-refractivity contribution in [2.45, 2.75) is 143 Å². The summed E-state index contributed by atoms with van der Waals surface area (Å²) in [6, 6.07) is 2.97. The Morgan fingerprint density at radius 1 is 0.750 bits per heavy atom. The summed E-state index contributed by atoms with van der Waals surface area (Å²) in [5.41, 5.74) is 0.586. The van der Waals surface area contributed by atoms with E-state index in [0.29, 0.717) is 18.7 Å². The van der Waals surface area contributed by atoms with Crippen LogP contribution in [0.1, 0.15) is 124 Å². The van der Waals surface area contributed by atoms with Crippen LogP contribution in [0.5, 0.6) is 5.75 Å². The average molecular weight is 697 g/mol. The van der Waals surface area contributed by atoms with Crippen molar-refractivity contribution in [1.82, 2.24) is 20.9 Å². The van der Waals surface area contributed by atoms with Crippen LogP contribution in [0.4, 0.5) is 0 Å². The van der Waals surface area contributed by atoms with E-state index in [-0.39, 0.29) is 24.0 Å². The molecule has 0 saturated heterocycles. The Bertz CT molecular complexity index is 1140. The highest BCUT2D eigenvalue weighted by molar-refractivity contribution is 7.46. The van der Waals surface area contributed by atoms with Gasteiger partial charge in [-0.05, 0) is 43.4 Å². The van der Waals surface area contributed by atoms with Gasteiger partial charge in [0.05, 0.1) is 0 Å².